The highest BCUT2D eigenvalue weighted by atomic mass is 35.5. The van der Waals surface area contributed by atoms with Crippen molar-refractivity contribution in [1.29, 1.82) is 0 Å². The van der Waals surface area contributed by atoms with Crippen LogP contribution in [0.4, 0.5) is 4.79 Å². The molecule has 9 heteroatoms. The molecule has 6 nitrogen and oxygen atoms in total. The topological polar surface area (TPSA) is 75.7 Å². The van der Waals surface area contributed by atoms with Crippen LogP contribution in [0.1, 0.15) is 10.4 Å². The summed E-state index contributed by atoms with van der Waals surface area (Å²) in [6.07, 6.45) is 0. The molecule has 1 aromatic rings. The van der Waals surface area contributed by atoms with Gasteiger partial charge in [-0.1, -0.05) is 23.2 Å². The number of rotatable bonds is 3. The van der Waals surface area contributed by atoms with Crippen molar-refractivity contribution in [3.8, 4) is 0 Å². The van der Waals surface area contributed by atoms with Crippen molar-refractivity contribution in [2.45, 2.75) is 0 Å². The third-order valence-corrected chi connectivity index (χ3v) is 3.85. The number of nitrogens with one attached hydrogen (secondary N) is 1. The Morgan fingerprint density at radius 3 is 2.74 bits per heavy atom. The first-order valence-electron chi connectivity index (χ1n) is 5.19. The fourth-order valence-corrected chi connectivity index (χ4v) is 2.91. The van der Waals surface area contributed by atoms with Crippen molar-refractivity contribution in [3.63, 3.8) is 0 Å². The molecule has 0 spiro atoms. The Bertz CT molecular complexity index is 546. The predicted octanol–water partition coefficient (Wildman–Crippen LogP) is 1.76. The standard InChI is InChI=1S/C10H8Cl2N2O4S/c11-6-3-5(8(12)19-6)9(16)18-4-7(15)14-2-1-13-10(14)17/h3H,1-2,4H2,(H,13,17). The lowest BCUT2D eigenvalue weighted by molar-refractivity contribution is -0.130. The fourth-order valence-electron chi connectivity index (χ4n) is 1.47. The van der Waals surface area contributed by atoms with Crippen LogP contribution in [-0.4, -0.2) is 42.5 Å². The normalized spacial score (nSPS) is 14.4. The van der Waals surface area contributed by atoms with E-state index in [1.807, 2.05) is 0 Å². The van der Waals surface area contributed by atoms with Crippen LogP contribution in [0, 0.1) is 0 Å². The molecule has 2 rings (SSSR count). The molecule has 0 aromatic carbocycles. The lowest BCUT2D eigenvalue weighted by Crippen LogP contribution is -2.37. The molecule has 1 aliphatic rings. The molecule has 2 heterocycles. The average Bonchev–Trinajstić information content (AvgIpc) is 2.91. The zero-order valence-corrected chi connectivity index (χ0v) is 11.8. The zero-order chi connectivity index (χ0) is 14.0. The van der Waals surface area contributed by atoms with Gasteiger partial charge in [-0.15, -0.1) is 11.3 Å². The highest BCUT2D eigenvalue weighted by Crippen LogP contribution is 2.31. The van der Waals surface area contributed by atoms with Crippen molar-refractivity contribution < 1.29 is 19.1 Å². The first kappa shape index (κ1) is 14.1. The van der Waals surface area contributed by atoms with E-state index in [2.05, 4.69) is 5.32 Å². The second-order valence-corrected chi connectivity index (χ2v) is 5.88. The minimum absolute atomic E-state index is 0.107. The molecular formula is C10H8Cl2N2O4S. The van der Waals surface area contributed by atoms with Gasteiger partial charge in [-0.3, -0.25) is 9.69 Å². The summed E-state index contributed by atoms with van der Waals surface area (Å²) < 4.78 is 5.34. The van der Waals surface area contributed by atoms with Crippen molar-refractivity contribution in [2.75, 3.05) is 19.7 Å². The third kappa shape index (κ3) is 3.17. The molecule has 0 bridgehead atoms. The van der Waals surface area contributed by atoms with E-state index in [1.54, 1.807) is 0 Å². The van der Waals surface area contributed by atoms with Gasteiger partial charge in [-0.25, -0.2) is 9.59 Å². The average molecular weight is 323 g/mol. The Labute approximate surface area is 122 Å². The van der Waals surface area contributed by atoms with Crippen LogP contribution in [0.25, 0.3) is 0 Å². The Hall–Kier alpha value is -1.31. The summed E-state index contributed by atoms with van der Waals surface area (Å²) in [5.41, 5.74) is 0.107. The van der Waals surface area contributed by atoms with E-state index in [1.165, 1.54) is 6.07 Å². The summed E-state index contributed by atoms with van der Waals surface area (Å²) >= 11 is 12.5. The lowest BCUT2D eigenvalue weighted by atomic mass is 10.3. The van der Waals surface area contributed by atoms with Crippen LogP contribution in [0.15, 0.2) is 6.07 Å². The summed E-state index contributed by atoms with van der Waals surface area (Å²) in [7, 11) is 0. The maximum atomic E-state index is 11.6. The first-order valence-corrected chi connectivity index (χ1v) is 6.76. The molecule has 1 aromatic heterocycles. The number of nitrogens with zero attached hydrogens (tertiary/aromatic N) is 1. The SMILES string of the molecule is O=C(OCC(=O)N1CCNC1=O)c1cc(Cl)sc1Cl. The second kappa shape index (κ2) is 5.77. The van der Waals surface area contributed by atoms with E-state index in [-0.39, 0.29) is 16.4 Å². The van der Waals surface area contributed by atoms with Gasteiger partial charge in [0.1, 0.15) is 4.34 Å². The molecule has 0 atom stereocenters. The van der Waals surface area contributed by atoms with E-state index >= 15 is 0 Å². The number of carbonyl (C=O) groups is 3. The Balaban J connectivity index is 1.92. The van der Waals surface area contributed by atoms with Crippen LogP contribution < -0.4 is 5.32 Å². The quantitative estimate of drug-likeness (QED) is 0.860. The third-order valence-electron chi connectivity index (χ3n) is 2.36. The van der Waals surface area contributed by atoms with Crippen molar-refractivity contribution in [3.05, 3.63) is 20.3 Å². The summed E-state index contributed by atoms with van der Waals surface area (Å²) in [6, 6.07) is 0.877. The number of hydrogen-bond donors (Lipinski definition) is 1. The number of thiophene rings is 1. The van der Waals surface area contributed by atoms with Crippen molar-refractivity contribution in [2.24, 2.45) is 0 Å². The summed E-state index contributed by atoms with van der Waals surface area (Å²) in [4.78, 5) is 35.4. The summed E-state index contributed by atoms with van der Waals surface area (Å²) in [6.45, 7) is 0.140. The number of halogens is 2. The van der Waals surface area contributed by atoms with Crippen molar-refractivity contribution in [1.82, 2.24) is 10.2 Å². The van der Waals surface area contributed by atoms with Gasteiger partial charge in [-0.05, 0) is 6.07 Å². The number of hydrogen-bond acceptors (Lipinski definition) is 5. The van der Waals surface area contributed by atoms with Crippen LogP contribution in [0.5, 0.6) is 0 Å². The van der Waals surface area contributed by atoms with Crippen LogP contribution in [0.3, 0.4) is 0 Å². The summed E-state index contributed by atoms with van der Waals surface area (Å²) in [5.74, 6) is -1.33. The van der Waals surface area contributed by atoms with Gasteiger partial charge in [0.15, 0.2) is 6.61 Å². The molecule has 0 radical (unpaired) electrons. The Morgan fingerprint density at radius 1 is 1.47 bits per heavy atom. The molecule has 1 saturated heterocycles. The van der Waals surface area contributed by atoms with Crippen molar-refractivity contribution >= 4 is 52.4 Å². The molecule has 1 aliphatic heterocycles. The predicted molar refractivity (Wildman–Crippen MR) is 69.7 cm³/mol. The zero-order valence-electron chi connectivity index (χ0n) is 9.44. The maximum Gasteiger partial charge on any atom is 0.341 e. The second-order valence-electron chi connectivity index (χ2n) is 3.59. The molecule has 19 heavy (non-hydrogen) atoms. The molecular weight excluding hydrogens is 315 g/mol. The highest BCUT2D eigenvalue weighted by molar-refractivity contribution is 7.20. The first-order chi connectivity index (χ1) is 8.99. The monoisotopic (exact) mass is 322 g/mol. The fraction of sp³-hybridized carbons (Fsp3) is 0.300. The Morgan fingerprint density at radius 2 is 2.21 bits per heavy atom. The molecule has 102 valence electrons. The molecule has 1 N–H and O–H groups in total. The molecule has 0 saturated carbocycles. The van der Waals surface area contributed by atoms with Crippen LogP contribution >= 0.6 is 34.5 Å². The van der Waals surface area contributed by atoms with Gasteiger partial charge in [-0.2, -0.15) is 0 Å². The number of urea groups is 1. The van der Waals surface area contributed by atoms with Gasteiger partial charge in [0.05, 0.1) is 9.90 Å². The number of esters is 1. The smallest absolute Gasteiger partial charge is 0.341 e. The number of ether oxygens (including phenoxy) is 1. The van der Waals surface area contributed by atoms with E-state index < -0.39 is 24.5 Å². The lowest BCUT2D eigenvalue weighted by Gasteiger charge is -2.11. The van der Waals surface area contributed by atoms with E-state index in [9.17, 15) is 14.4 Å². The van der Waals surface area contributed by atoms with Crippen LogP contribution in [-0.2, 0) is 9.53 Å². The van der Waals surface area contributed by atoms with Gasteiger partial charge >= 0.3 is 12.0 Å². The minimum Gasteiger partial charge on any atom is -0.452 e. The van der Waals surface area contributed by atoms with E-state index in [0.29, 0.717) is 10.9 Å². The number of amides is 3. The number of imide groups is 1. The molecule has 1 fully saturated rings. The maximum absolute atomic E-state index is 11.6. The van der Waals surface area contributed by atoms with Gasteiger partial charge < -0.3 is 10.1 Å². The van der Waals surface area contributed by atoms with E-state index in [0.717, 1.165) is 16.2 Å². The summed E-state index contributed by atoms with van der Waals surface area (Å²) in [5, 5.41) is 2.47. The van der Waals surface area contributed by atoms with Crippen LogP contribution in [0.2, 0.25) is 8.67 Å². The minimum atomic E-state index is -0.749. The number of carbonyl (C=O) groups excluding carboxylic acids is 3. The largest absolute Gasteiger partial charge is 0.452 e. The van der Waals surface area contributed by atoms with Gasteiger partial charge in [0, 0.05) is 13.1 Å². The highest BCUT2D eigenvalue weighted by Gasteiger charge is 2.27. The van der Waals surface area contributed by atoms with E-state index in [4.69, 9.17) is 27.9 Å². The Kier molecular flexibility index (Phi) is 4.28. The van der Waals surface area contributed by atoms with Gasteiger partial charge in [0.2, 0.25) is 0 Å². The molecule has 0 unspecified atom stereocenters. The molecule has 3 amide bonds. The molecule has 0 aliphatic carbocycles. The van der Waals surface area contributed by atoms with Gasteiger partial charge in [0.25, 0.3) is 5.91 Å².